The molecule has 0 amide bonds. The lowest BCUT2D eigenvalue weighted by atomic mass is 10.1. The average Bonchev–Trinajstić information content (AvgIpc) is 3.08. The van der Waals surface area contributed by atoms with Crippen LogP contribution in [0.3, 0.4) is 0 Å². The first-order chi connectivity index (χ1) is 12.7. The van der Waals surface area contributed by atoms with E-state index in [1.807, 2.05) is 53.1 Å². The molecule has 0 saturated heterocycles. The fourth-order valence-corrected chi connectivity index (χ4v) is 2.88. The number of aromatic nitrogens is 3. The minimum absolute atomic E-state index is 0. The standard InChI is InChI=1S/C19H23ClN6.HI/c1-14(15-8-10-16(20)11-9-15)23-19(21-2)22-12-5-7-18-25-24-17-6-3-4-13-26(17)18;/h3-4,6,8-11,13-14H,5,7,12H2,1-2H3,(H2,21,22,23);1H. The number of benzene rings is 1. The minimum Gasteiger partial charge on any atom is -0.356 e. The summed E-state index contributed by atoms with van der Waals surface area (Å²) in [6.07, 6.45) is 3.78. The molecule has 6 nitrogen and oxygen atoms in total. The van der Waals surface area contributed by atoms with Crippen molar-refractivity contribution in [3.63, 3.8) is 0 Å². The first-order valence-corrected chi connectivity index (χ1v) is 9.06. The molecule has 0 aliphatic carbocycles. The molecule has 2 N–H and O–H groups in total. The lowest BCUT2D eigenvalue weighted by Gasteiger charge is -2.18. The van der Waals surface area contributed by atoms with Gasteiger partial charge in [-0.25, -0.2) is 0 Å². The summed E-state index contributed by atoms with van der Waals surface area (Å²) in [6, 6.07) is 13.9. The molecule has 0 saturated carbocycles. The summed E-state index contributed by atoms with van der Waals surface area (Å²) >= 11 is 5.94. The normalized spacial score (nSPS) is 12.5. The highest BCUT2D eigenvalue weighted by atomic mass is 127. The number of aryl methyl sites for hydroxylation is 1. The predicted octanol–water partition coefficient (Wildman–Crippen LogP) is 3.86. The summed E-state index contributed by atoms with van der Waals surface area (Å²) in [5.74, 6) is 1.75. The number of rotatable bonds is 6. The van der Waals surface area contributed by atoms with Crippen molar-refractivity contribution in [2.24, 2.45) is 4.99 Å². The van der Waals surface area contributed by atoms with Gasteiger partial charge >= 0.3 is 0 Å². The Morgan fingerprint density at radius 2 is 1.96 bits per heavy atom. The Bertz CT molecular complexity index is 877. The summed E-state index contributed by atoms with van der Waals surface area (Å²) in [4.78, 5) is 4.29. The third-order valence-corrected chi connectivity index (χ3v) is 4.45. The number of halogens is 2. The predicted molar refractivity (Wildman–Crippen MR) is 121 cm³/mol. The average molecular weight is 499 g/mol. The van der Waals surface area contributed by atoms with Gasteiger partial charge in [0, 0.05) is 31.2 Å². The van der Waals surface area contributed by atoms with Crippen molar-refractivity contribution >= 4 is 47.2 Å². The summed E-state index contributed by atoms with van der Waals surface area (Å²) in [5.41, 5.74) is 2.04. The molecule has 0 fully saturated rings. The molecule has 0 bridgehead atoms. The molecule has 8 heteroatoms. The molecule has 1 atom stereocenters. The van der Waals surface area contributed by atoms with E-state index in [4.69, 9.17) is 11.6 Å². The van der Waals surface area contributed by atoms with Crippen molar-refractivity contribution in [3.8, 4) is 0 Å². The van der Waals surface area contributed by atoms with Crippen LogP contribution in [-0.2, 0) is 6.42 Å². The smallest absolute Gasteiger partial charge is 0.191 e. The number of pyridine rings is 1. The Labute approximate surface area is 181 Å². The summed E-state index contributed by atoms with van der Waals surface area (Å²) < 4.78 is 2.02. The van der Waals surface area contributed by atoms with Gasteiger partial charge in [0.15, 0.2) is 11.6 Å². The van der Waals surface area contributed by atoms with Crippen LogP contribution >= 0.6 is 35.6 Å². The fraction of sp³-hybridized carbons (Fsp3) is 0.316. The molecular weight excluding hydrogens is 475 g/mol. The van der Waals surface area contributed by atoms with Crippen LogP contribution in [0.2, 0.25) is 5.02 Å². The highest BCUT2D eigenvalue weighted by Gasteiger charge is 2.08. The Balaban J connectivity index is 0.00000261. The van der Waals surface area contributed by atoms with Gasteiger partial charge < -0.3 is 10.6 Å². The van der Waals surface area contributed by atoms with Gasteiger partial charge in [0.25, 0.3) is 0 Å². The first-order valence-electron chi connectivity index (χ1n) is 8.68. The first kappa shape index (κ1) is 21.4. The highest BCUT2D eigenvalue weighted by molar-refractivity contribution is 14.0. The molecule has 0 spiro atoms. The highest BCUT2D eigenvalue weighted by Crippen LogP contribution is 2.15. The maximum absolute atomic E-state index is 5.94. The monoisotopic (exact) mass is 498 g/mol. The summed E-state index contributed by atoms with van der Waals surface area (Å²) in [5, 5.41) is 15.9. The number of nitrogens with one attached hydrogen (secondary N) is 2. The van der Waals surface area contributed by atoms with E-state index in [2.05, 4.69) is 32.7 Å². The number of hydrogen-bond acceptors (Lipinski definition) is 3. The van der Waals surface area contributed by atoms with E-state index < -0.39 is 0 Å². The Hall–Kier alpha value is -1.87. The van der Waals surface area contributed by atoms with Crippen molar-refractivity contribution < 1.29 is 0 Å². The van der Waals surface area contributed by atoms with Crippen molar-refractivity contribution in [2.45, 2.75) is 25.8 Å². The van der Waals surface area contributed by atoms with Crippen LogP contribution in [0.5, 0.6) is 0 Å². The Morgan fingerprint density at radius 3 is 2.70 bits per heavy atom. The molecule has 2 heterocycles. The van der Waals surface area contributed by atoms with Crippen LogP contribution in [-0.4, -0.2) is 34.2 Å². The number of hydrogen-bond donors (Lipinski definition) is 2. The molecule has 0 aliphatic rings. The second kappa shape index (κ2) is 10.5. The van der Waals surface area contributed by atoms with Gasteiger partial charge in [-0.05, 0) is 43.2 Å². The molecule has 3 aromatic rings. The van der Waals surface area contributed by atoms with E-state index in [0.29, 0.717) is 0 Å². The van der Waals surface area contributed by atoms with Gasteiger partial charge in [0.1, 0.15) is 5.82 Å². The molecule has 0 aliphatic heterocycles. The van der Waals surface area contributed by atoms with E-state index >= 15 is 0 Å². The van der Waals surface area contributed by atoms with Crippen LogP contribution in [0.25, 0.3) is 5.65 Å². The largest absolute Gasteiger partial charge is 0.356 e. The molecule has 27 heavy (non-hydrogen) atoms. The zero-order chi connectivity index (χ0) is 18.4. The third-order valence-electron chi connectivity index (χ3n) is 4.20. The summed E-state index contributed by atoms with van der Waals surface area (Å²) in [6.45, 7) is 2.90. The summed E-state index contributed by atoms with van der Waals surface area (Å²) in [7, 11) is 1.77. The maximum Gasteiger partial charge on any atom is 0.191 e. The van der Waals surface area contributed by atoms with Gasteiger partial charge in [-0.3, -0.25) is 9.39 Å². The molecule has 1 unspecified atom stereocenters. The molecular formula is C19H24ClIN6. The van der Waals surface area contributed by atoms with Gasteiger partial charge in [-0.1, -0.05) is 29.8 Å². The third kappa shape index (κ3) is 5.80. The molecule has 144 valence electrons. The number of fused-ring (bicyclic) bond motifs is 1. The van der Waals surface area contributed by atoms with Gasteiger partial charge in [-0.2, -0.15) is 0 Å². The van der Waals surface area contributed by atoms with Crippen molar-refractivity contribution in [3.05, 3.63) is 65.1 Å². The van der Waals surface area contributed by atoms with E-state index in [0.717, 1.165) is 47.4 Å². The maximum atomic E-state index is 5.94. The topological polar surface area (TPSA) is 66.6 Å². The SMILES string of the molecule is CN=C(NCCCc1nnc2ccccn12)NC(C)c1ccc(Cl)cc1.I. The van der Waals surface area contributed by atoms with E-state index in [1.54, 1.807) is 7.05 Å². The molecule has 0 radical (unpaired) electrons. The lowest BCUT2D eigenvalue weighted by molar-refractivity contribution is 0.667. The number of guanidine groups is 1. The van der Waals surface area contributed by atoms with Gasteiger partial charge in [0.2, 0.25) is 0 Å². The second-order valence-electron chi connectivity index (χ2n) is 6.07. The van der Waals surface area contributed by atoms with E-state index in [9.17, 15) is 0 Å². The van der Waals surface area contributed by atoms with E-state index in [1.165, 1.54) is 0 Å². The number of nitrogens with zero attached hydrogens (tertiary/aromatic N) is 4. The zero-order valence-electron chi connectivity index (χ0n) is 15.4. The molecule has 3 rings (SSSR count). The number of aliphatic imine (C=N–C) groups is 1. The van der Waals surface area contributed by atoms with Crippen LogP contribution in [0, 0.1) is 0 Å². The van der Waals surface area contributed by atoms with Crippen molar-refractivity contribution in [1.29, 1.82) is 0 Å². The van der Waals surface area contributed by atoms with Crippen LogP contribution in [0.1, 0.15) is 30.8 Å². The molecule has 2 aromatic heterocycles. The Kier molecular flexibility index (Phi) is 8.30. The van der Waals surface area contributed by atoms with E-state index in [-0.39, 0.29) is 30.0 Å². The Morgan fingerprint density at radius 1 is 1.19 bits per heavy atom. The second-order valence-corrected chi connectivity index (χ2v) is 6.50. The van der Waals surface area contributed by atoms with Gasteiger partial charge in [-0.15, -0.1) is 34.2 Å². The van der Waals surface area contributed by atoms with Crippen LogP contribution in [0.4, 0.5) is 0 Å². The van der Waals surface area contributed by atoms with Crippen molar-refractivity contribution in [1.82, 2.24) is 25.2 Å². The molecule has 1 aromatic carbocycles. The minimum atomic E-state index is 0. The zero-order valence-corrected chi connectivity index (χ0v) is 18.5. The van der Waals surface area contributed by atoms with Crippen molar-refractivity contribution in [2.75, 3.05) is 13.6 Å². The van der Waals surface area contributed by atoms with Gasteiger partial charge in [0.05, 0.1) is 6.04 Å². The van der Waals surface area contributed by atoms with Crippen LogP contribution in [0.15, 0.2) is 53.7 Å². The lowest BCUT2D eigenvalue weighted by Crippen LogP contribution is -2.39. The fourth-order valence-electron chi connectivity index (χ4n) is 2.75. The van der Waals surface area contributed by atoms with Crippen LogP contribution < -0.4 is 10.6 Å². The quantitative estimate of drug-likeness (QED) is 0.234.